The quantitative estimate of drug-likeness (QED) is 0.830. The molecule has 0 spiro atoms. The van der Waals surface area contributed by atoms with Crippen molar-refractivity contribution in [3.63, 3.8) is 0 Å². The number of likely N-dealkylation sites (tertiary alicyclic amines) is 1. The van der Waals surface area contributed by atoms with E-state index in [1.54, 1.807) is 7.11 Å². The first-order valence-electron chi connectivity index (χ1n) is 8.73. The van der Waals surface area contributed by atoms with Crippen LogP contribution in [0.25, 0.3) is 0 Å². The number of methoxy groups -OCH3 is 1. The molecule has 0 radical (unpaired) electrons. The molecular weight excluding hydrogens is 306 g/mol. The Bertz CT molecular complexity index is 553. The van der Waals surface area contributed by atoms with Crippen LogP contribution in [0.4, 0.5) is 0 Å². The summed E-state index contributed by atoms with van der Waals surface area (Å²) in [7, 11) is 1.71. The first-order chi connectivity index (χ1) is 11.6. The molecule has 0 unspecified atom stereocenters. The van der Waals surface area contributed by atoms with Crippen molar-refractivity contribution < 1.29 is 19.0 Å². The van der Waals surface area contributed by atoms with E-state index < -0.39 is 5.60 Å². The topological polar surface area (TPSA) is 48.0 Å². The van der Waals surface area contributed by atoms with Gasteiger partial charge in [-0.15, -0.1) is 0 Å². The highest BCUT2D eigenvalue weighted by Gasteiger charge is 2.42. The van der Waals surface area contributed by atoms with E-state index in [9.17, 15) is 4.79 Å². The minimum Gasteiger partial charge on any atom is -0.491 e. The van der Waals surface area contributed by atoms with Gasteiger partial charge < -0.3 is 19.1 Å². The maximum absolute atomic E-state index is 12.7. The maximum atomic E-state index is 12.7. The highest BCUT2D eigenvalue weighted by Crippen LogP contribution is 2.29. The van der Waals surface area contributed by atoms with Gasteiger partial charge >= 0.3 is 0 Å². The zero-order valence-electron chi connectivity index (χ0n) is 14.6. The van der Waals surface area contributed by atoms with Crippen molar-refractivity contribution in [3.8, 4) is 5.75 Å². The van der Waals surface area contributed by atoms with E-state index in [1.165, 1.54) is 5.56 Å². The average Bonchev–Trinajstić information content (AvgIpc) is 3.06. The zero-order valence-corrected chi connectivity index (χ0v) is 14.6. The van der Waals surface area contributed by atoms with Crippen LogP contribution in [0.15, 0.2) is 24.3 Å². The monoisotopic (exact) mass is 333 g/mol. The SMILES string of the molecule is CO[C@]1(COc2ccc(C)cc2)CCN(C(=O)C2CCOCC2)C1. The molecule has 1 aromatic rings. The number of rotatable bonds is 5. The van der Waals surface area contributed by atoms with Crippen LogP contribution >= 0.6 is 0 Å². The molecule has 1 amide bonds. The third-order valence-electron chi connectivity index (χ3n) is 5.15. The lowest BCUT2D eigenvalue weighted by Crippen LogP contribution is -2.44. The van der Waals surface area contributed by atoms with E-state index in [-0.39, 0.29) is 11.8 Å². The van der Waals surface area contributed by atoms with Crippen LogP contribution in [0, 0.1) is 12.8 Å². The molecule has 2 saturated heterocycles. The van der Waals surface area contributed by atoms with Crippen molar-refractivity contribution in [2.45, 2.75) is 31.8 Å². The van der Waals surface area contributed by atoms with Gasteiger partial charge in [0.1, 0.15) is 18.0 Å². The molecule has 5 nitrogen and oxygen atoms in total. The highest BCUT2D eigenvalue weighted by atomic mass is 16.5. The van der Waals surface area contributed by atoms with E-state index in [0.717, 1.165) is 31.6 Å². The molecule has 1 atom stereocenters. The van der Waals surface area contributed by atoms with E-state index in [1.807, 2.05) is 29.2 Å². The number of amides is 1. The van der Waals surface area contributed by atoms with Crippen LogP contribution in [0.5, 0.6) is 5.75 Å². The predicted octanol–water partition coefficient (Wildman–Crippen LogP) is 2.42. The van der Waals surface area contributed by atoms with Gasteiger partial charge in [-0.3, -0.25) is 4.79 Å². The number of aryl methyl sites for hydroxylation is 1. The number of carbonyl (C=O) groups excluding carboxylic acids is 1. The number of nitrogens with zero attached hydrogens (tertiary/aromatic N) is 1. The predicted molar refractivity (Wildman–Crippen MR) is 91.2 cm³/mol. The summed E-state index contributed by atoms with van der Waals surface area (Å²) in [4.78, 5) is 14.6. The normalized spacial score (nSPS) is 25.0. The third-order valence-corrected chi connectivity index (χ3v) is 5.15. The van der Waals surface area contributed by atoms with Crippen molar-refractivity contribution >= 4 is 5.91 Å². The molecule has 0 saturated carbocycles. The lowest BCUT2D eigenvalue weighted by atomic mass is 9.98. The molecular formula is C19H27NO4. The highest BCUT2D eigenvalue weighted by molar-refractivity contribution is 5.79. The minimum absolute atomic E-state index is 0.101. The third kappa shape index (κ3) is 3.90. The van der Waals surface area contributed by atoms with E-state index in [0.29, 0.717) is 26.4 Å². The molecule has 2 aliphatic rings. The standard InChI is InChI=1S/C19H27NO4/c1-15-3-5-17(6-4-15)24-14-19(22-2)9-10-20(13-19)18(21)16-7-11-23-12-8-16/h3-6,16H,7-14H2,1-2H3/t19-/m1/s1. The van der Waals surface area contributed by atoms with Crippen molar-refractivity contribution in [1.82, 2.24) is 4.90 Å². The van der Waals surface area contributed by atoms with Gasteiger partial charge in [0.2, 0.25) is 5.91 Å². The summed E-state index contributed by atoms with van der Waals surface area (Å²) in [6.45, 7) is 5.24. The molecule has 2 aliphatic heterocycles. The Morgan fingerprint density at radius 3 is 2.67 bits per heavy atom. The van der Waals surface area contributed by atoms with Gasteiger partial charge in [0.25, 0.3) is 0 Å². The molecule has 24 heavy (non-hydrogen) atoms. The zero-order chi connectivity index (χ0) is 17.0. The second-order valence-corrected chi connectivity index (χ2v) is 6.89. The fourth-order valence-electron chi connectivity index (χ4n) is 3.43. The number of ether oxygens (including phenoxy) is 3. The van der Waals surface area contributed by atoms with Gasteiger partial charge in [0.05, 0.1) is 6.54 Å². The van der Waals surface area contributed by atoms with Crippen molar-refractivity contribution in [2.24, 2.45) is 5.92 Å². The first kappa shape index (κ1) is 17.2. The van der Waals surface area contributed by atoms with Gasteiger partial charge in [-0.1, -0.05) is 17.7 Å². The molecule has 132 valence electrons. The summed E-state index contributed by atoms with van der Waals surface area (Å²) in [5.74, 6) is 1.18. The lowest BCUT2D eigenvalue weighted by Gasteiger charge is -2.30. The van der Waals surface area contributed by atoms with Crippen LogP contribution in [0.3, 0.4) is 0 Å². The van der Waals surface area contributed by atoms with Crippen LogP contribution in [-0.2, 0) is 14.3 Å². The van der Waals surface area contributed by atoms with Crippen LogP contribution in [0.1, 0.15) is 24.8 Å². The minimum atomic E-state index is -0.411. The molecule has 0 aliphatic carbocycles. The molecule has 0 N–H and O–H groups in total. The number of hydrogen-bond donors (Lipinski definition) is 0. The van der Waals surface area contributed by atoms with Crippen molar-refractivity contribution in [2.75, 3.05) is 40.0 Å². The fraction of sp³-hybridized carbons (Fsp3) is 0.632. The Labute approximate surface area is 143 Å². The molecule has 3 rings (SSSR count). The maximum Gasteiger partial charge on any atom is 0.225 e. The van der Waals surface area contributed by atoms with E-state index in [4.69, 9.17) is 14.2 Å². The summed E-state index contributed by atoms with van der Waals surface area (Å²) >= 11 is 0. The van der Waals surface area contributed by atoms with Gasteiger partial charge in [-0.25, -0.2) is 0 Å². The van der Waals surface area contributed by atoms with Crippen LogP contribution < -0.4 is 4.74 Å². The number of benzene rings is 1. The lowest BCUT2D eigenvalue weighted by molar-refractivity contribution is -0.139. The smallest absolute Gasteiger partial charge is 0.225 e. The molecule has 0 bridgehead atoms. The Balaban J connectivity index is 1.57. The molecule has 1 aromatic carbocycles. The average molecular weight is 333 g/mol. The van der Waals surface area contributed by atoms with Gasteiger partial charge in [-0.05, 0) is 38.3 Å². The summed E-state index contributed by atoms with van der Waals surface area (Å²) in [5, 5.41) is 0. The molecule has 0 aromatic heterocycles. The Hall–Kier alpha value is -1.59. The fourth-order valence-corrected chi connectivity index (χ4v) is 3.43. The number of carbonyl (C=O) groups is 1. The molecule has 2 fully saturated rings. The largest absolute Gasteiger partial charge is 0.491 e. The summed E-state index contributed by atoms with van der Waals surface area (Å²) in [6.07, 6.45) is 2.47. The van der Waals surface area contributed by atoms with Crippen LogP contribution in [0.2, 0.25) is 0 Å². The van der Waals surface area contributed by atoms with E-state index >= 15 is 0 Å². The van der Waals surface area contributed by atoms with Crippen molar-refractivity contribution in [1.29, 1.82) is 0 Å². The molecule has 5 heteroatoms. The first-order valence-corrected chi connectivity index (χ1v) is 8.73. The summed E-state index contributed by atoms with van der Waals surface area (Å²) in [6, 6.07) is 8.01. The van der Waals surface area contributed by atoms with Gasteiger partial charge in [0.15, 0.2) is 0 Å². The Morgan fingerprint density at radius 1 is 1.29 bits per heavy atom. The Kier molecular flexibility index (Phi) is 5.41. The number of hydrogen-bond acceptors (Lipinski definition) is 4. The Morgan fingerprint density at radius 2 is 2.00 bits per heavy atom. The second kappa shape index (κ2) is 7.53. The van der Waals surface area contributed by atoms with Crippen LogP contribution in [-0.4, -0.2) is 56.4 Å². The second-order valence-electron chi connectivity index (χ2n) is 6.89. The van der Waals surface area contributed by atoms with Crippen molar-refractivity contribution in [3.05, 3.63) is 29.8 Å². The molecule has 2 heterocycles. The summed E-state index contributed by atoms with van der Waals surface area (Å²) in [5.41, 5.74) is 0.795. The van der Waals surface area contributed by atoms with Gasteiger partial charge in [0, 0.05) is 32.8 Å². The summed E-state index contributed by atoms with van der Waals surface area (Å²) < 4.78 is 17.1. The van der Waals surface area contributed by atoms with Gasteiger partial charge in [-0.2, -0.15) is 0 Å². The van der Waals surface area contributed by atoms with E-state index in [2.05, 4.69) is 6.92 Å².